The summed E-state index contributed by atoms with van der Waals surface area (Å²) >= 11 is 0. The molecule has 0 heterocycles. The van der Waals surface area contributed by atoms with Crippen molar-refractivity contribution in [3.05, 3.63) is 71.8 Å². The van der Waals surface area contributed by atoms with Gasteiger partial charge in [0.05, 0.1) is 12.3 Å². The summed E-state index contributed by atoms with van der Waals surface area (Å²) in [5, 5.41) is 13.7. The zero-order chi connectivity index (χ0) is 22.1. The van der Waals surface area contributed by atoms with Gasteiger partial charge in [0.1, 0.15) is 11.6 Å². The third-order valence-corrected chi connectivity index (χ3v) is 4.87. The Bertz CT molecular complexity index is 757. The van der Waals surface area contributed by atoms with Crippen molar-refractivity contribution in [3.63, 3.8) is 0 Å². The van der Waals surface area contributed by atoms with Crippen LogP contribution in [0.3, 0.4) is 0 Å². The number of esters is 1. The van der Waals surface area contributed by atoms with Gasteiger partial charge in [-0.15, -0.1) is 0 Å². The molecular weight excluding hydrogens is 376 g/mol. The van der Waals surface area contributed by atoms with Crippen LogP contribution < -0.4 is 5.32 Å². The van der Waals surface area contributed by atoms with Crippen LogP contribution in [0.5, 0.6) is 0 Å². The summed E-state index contributed by atoms with van der Waals surface area (Å²) in [7, 11) is 2.03. The lowest BCUT2D eigenvalue weighted by atomic mass is 10.1. The maximum Gasteiger partial charge on any atom is 0.326 e. The van der Waals surface area contributed by atoms with E-state index in [0.29, 0.717) is 0 Å². The predicted molar refractivity (Wildman–Crippen MR) is 121 cm³/mol. The number of ether oxygens (including phenoxy) is 1. The number of hydrogen-bond donors (Lipinski definition) is 2. The number of benzene rings is 2. The average molecular weight is 413 g/mol. The minimum Gasteiger partial charge on any atom is -0.459 e. The maximum absolute atomic E-state index is 12.7. The fraction of sp³-hybridized carbons (Fsp3) is 0.480. The number of carbonyl (C=O) groups is 1. The van der Waals surface area contributed by atoms with Crippen LogP contribution >= 0.6 is 0 Å². The van der Waals surface area contributed by atoms with Crippen molar-refractivity contribution in [1.29, 1.82) is 0 Å². The van der Waals surface area contributed by atoms with Gasteiger partial charge in [-0.25, -0.2) is 0 Å². The molecule has 0 spiro atoms. The van der Waals surface area contributed by atoms with Crippen molar-refractivity contribution in [2.24, 2.45) is 0 Å². The first-order valence-electron chi connectivity index (χ1n) is 10.6. The van der Waals surface area contributed by atoms with E-state index in [4.69, 9.17) is 4.74 Å². The number of nitrogens with one attached hydrogen (secondary N) is 1. The molecule has 0 fully saturated rings. The number of nitrogens with zero attached hydrogens (tertiary/aromatic N) is 1. The summed E-state index contributed by atoms with van der Waals surface area (Å²) in [4.78, 5) is 14.9. The highest BCUT2D eigenvalue weighted by molar-refractivity contribution is 5.77. The summed E-state index contributed by atoms with van der Waals surface area (Å²) in [6.45, 7) is 7.84. The molecule has 0 bridgehead atoms. The van der Waals surface area contributed by atoms with Gasteiger partial charge in [0, 0.05) is 6.54 Å². The van der Waals surface area contributed by atoms with Crippen molar-refractivity contribution in [1.82, 2.24) is 10.2 Å². The molecule has 164 valence electrons. The van der Waals surface area contributed by atoms with E-state index in [1.54, 1.807) is 6.92 Å². The average Bonchev–Trinajstić information content (AvgIpc) is 2.67. The number of aliphatic hydroxyl groups is 1. The summed E-state index contributed by atoms with van der Waals surface area (Å²) in [6.07, 6.45) is 0.666. The SMILES string of the molecule is C[C@H](O)[C@H](N[C@H](CCc1ccccc1)N(C)Cc1ccccc1)C(=O)OC(C)(C)C. The summed E-state index contributed by atoms with van der Waals surface area (Å²) in [6, 6.07) is 19.7. The summed E-state index contributed by atoms with van der Waals surface area (Å²) < 4.78 is 5.54. The molecule has 0 aliphatic carbocycles. The number of hydrogen-bond acceptors (Lipinski definition) is 5. The van der Waals surface area contributed by atoms with Crippen molar-refractivity contribution < 1.29 is 14.6 Å². The molecule has 5 heteroatoms. The Morgan fingerprint density at radius 1 is 1.03 bits per heavy atom. The molecule has 2 rings (SSSR count). The second-order valence-electron chi connectivity index (χ2n) is 8.86. The van der Waals surface area contributed by atoms with Gasteiger partial charge in [-0.3, -0.25) is 15.0 Å². The Morgan fingerprint density at radius 3 is 2.07 bits per heavy atom. The lowest BCUT2D eigenvalue weighted by Crippen LogP contribution is -2.56. The molecule has 5 nitrogen and oxygen atoms in total. The molecule has 2 N–H and O–H groups in total. The van der Waals surface area contributed by atoms with E-state index in [2.05, 4.69) is 34.5 Å². The Hall–Kier alpha value is -2.21. The molecule has 0 amide bonds. The second-order valence-corrected chi connectivity index (χ2v) is 8.86. The standard InChI is InChI=1S/C25H36N2O3/c1-19(28)23(24(29)30-25(2,3)4)26-22(17-16-20-12-8-6-9-13-20)27(5)18-21-14-10-7-11-15-21/h6-15,19,22-23,26,28H,16-18H2,1-5H3/t19-,22-,23-/m0/s1. The molecule has 2 aromatic carbocycles. The molecule has 0 saturated carbocycles. The number of carbonyl (C=O) groups excluding carboxylic acids is 1. The second kappa shape index (κ2) is 11.3. The summed E-state index contributed by atoms with van der Waals surface area (Å²) in [5.74, 6) is -0.435. The van der Waals surface area contributed by atoms with Crippen LogP contribution in [0.25, 0.3) is 0 Å². The van der Waals surface area contributed by atoms with Gasteiger partial charge in [-0.2, -0.15) is 0 Å². The van der Waals surface area contributed by atoms with E-state index in [9.17, 15) is 9.90 Å². The minimum absolute atomic E-state index is 0.113. The minimum atomic E-state index is -0.871. The predicted octanol–water partition coefficient (Wildman–Crippen LogP) is 3.76. The Labute approximate surface area is 181 Å². The number of aryl methyl sites for hydroxylation is 1. The van der Waals surface area contributed by atoms with Crippen LogP contribution in [0.4, 0.5) is 0 Å². The lowest BCUT2D eigenvalue weighted by molar-refractivity contribution is -0.161. The topological polar surface area (TPSA) is 61.8 Å². The first-order chi connectivity index (χ1) is 14.2. The monoisotopic (exact) mass is 412 g/mol. The molecular formula is C25H36N2O3. The van der Waals surface area contributed by atoms with Crippen molar-refractivity contribution in [2.45, 2.75) is 71.0 Å². The van der Waals surface area contributed by atoms with Gasteiger partial charge < -0.3 is 9.84 Å². The highest BCUT2D eigenvalue weighted by atomic mass is 16.6. The van der Waals surface area contributed by atoms with Crippen molar-refractivity contribution in [3.8, 4) is 0 Å². The third kappa shape index (κ3) is 8.27. The molecule has 0 aliphatic heterocycles. The molecule has 0 unspecified atom stereocenters. The van der Waals surface area contributed by atoms with Gasteiger partial charge in [0.15, 0.2) is 0 Å². The van der Waals surface area contributed by atoms with E-state index in [1.165, 1.54) is 11.1 Å². The Balaban J connectivity index is 2.15. The maximum atomic E-state index is 12.7. The molecule has 0 aliphatic rings. The highest BCUT2D eigenvalue weighted by Crippen LogP contribution is 2.15. The molecule has 0 saturated heterocycles. The van der Waals surface area contributed by atoms with E-state index in [-0.39, 0.29) is 6.17 Å². The van der Waals surface area contributed by atoms with E-state index in [0.717, 1.165) is 19.4 Å². The van der Waals surface area contributed by atoms with Crippen LogP contribution in [-0.2, 0) is 22.5 Å². The quantitative estimate of drug-likeness (QED) is 0.460. The zero-order valence-electron chi connectivity index (χ0n) is 18.8. The number of aliphatic hydroxyl groups excluding tert-OH is 1. The molecule has 0 aromatic heterocycles. The van der Waals surface area contributed by atoms with Crippen molar-refractivity contribution in [2.75, 3.05) is 7.05 Å². The van der Waals surface area contributed by atoms with Gasteiger partial charge in [-0.1, -0.05) is 60.7 Å². The largest absolute Gasteiger partial charge is 0.459 e. The first-order valence-corrected chi connectivity index (χ1v) is 10.6. The fourth-order valence-corrected chi connectivity index (χ4v) is 3.34. The van der Waals surface area contributed by atoms with Gasteiger partial charge in [0.25, 0.3) is 0 Å². The first kappa shape index (κ1) is 24.1. The van der Waals surface area contributed by atoms with Crippen LogP contribution in [-0.4, -0.2) is 46.9 Å². The van der Waals surface area contributed by atoms with E-state index in [1.807, 2.05) is 64.2 Å². The van der Waals surface area contributed by atoms with Gasteiger partial charge in [-0.05, 0) is 58.7 Å². The lowest BCUT2D eigenvalue weighted by Gasteiger charge is -2.34. The normalized spacial score (nSPS) is 14.9. The molecule has 2 aromatic rings. The molecule has 30 heavy (non-hydrogen) atoms. The highest BCUT2D eigenvalue weighted by Gasteiger charge is 2.31. The van der Waals surface area contributed by atoms with E-state index < -0.39 is 23.7 Å². The fourth-order valence-electron chi connectivity index (χ4n) is 3.34. The van der Waals surface area contributed by atoms with Gasteiger partial charge in [0.2, 0.25) is 0 Å². The Morgan fingerprint density at radius 2 is 1.57 bits per heavy atom. The third-order valence-electron chi connectivity index (χ3n) is 4.87. The van der Waals surface area contributed by atoms with Crippen LogP contribution in [0, 0.1) is 0 Å². The van der Waals surface area contributed by atoms with Gasteiger partial charge >= 0.3 is 5.97 Å². The van der Waals surface area contributed by atoms with Crippen molar-refractivity contribution >= 4 is 5.97 Å². The number of rotatable bonds is 10. The summed E-state index contributed by atoms with van der Waals surface area (Å²) in [5.41, 5.74) is 1.82. The van der Waals surface area contributed by atoms with Crippen LogP contribution in [0.15, 0.2) is 60.7 Å². The molecule has 0 radical (unpaired) electrons. The van der Waals surface area contributed by atoms with Crippen LogP contribution in [0.2, 0.25) is 0 Å². The zero-order valence-corrected chi connectivity index (χ0v) is 18.8. The van der Waals surface area contributed by atoms with Crippen LogP contribution in [0.1, 0.15) is 45.2 Å². The molecule has 3 atom stereocenters. The smallest absolute Gasteiger partial charge is 0.326 e. The Kier molecular flexibility index (Phi) is 9.03. The van der Waals surface area contributed by atoms with E-state index >= 15 is 0 Å².